The van der Waals surface area contributed by atoms with Crippen molar-refractivity contribution in [2.45, 2.75) is 13.0 Å². The molecule has 0 fully saturated rings. The van der Waals surface area contributed by atoms with Gasteiger partial charge in [-0.05, 0) is 24.1 Å². The maximum Gasteiger partial charge on any atom is 0.130 e. The second kappa shape index (κ2) is 9.51. The van der Waals surface area contributed by atoms with Crippen molar-refractivity contribution in [3.63, 3.8) is 0 Å². The van der Waals surface area contributed by atoms with Crippen LogP contribution in [0.2, 0.25) is 0 Å². The van der Waals surface area contributed by atoms with Crippen LogP contribution in [0, 0.1) is 11.6 Å². The summed E-state index contributed by atoms with van der Waals surface area (Å²) in [7, 11) is 0. The standard InChI is InChI=1S/C17H20F2N2.ClH/c18-16-7-4-8-17(19)15(16)13-21(12-10-20)11-9-14-5-2-1-3-6-14;/h1-8H,9-13,20H2;1H. The van der Waals surface area contributed by atoms with Gasteiger partial charge in [-0.1, -0.05) is 36.4 Å². The molecule has 0 bridgehead atoms. The predicted molar refractivity (Wildman–Crippen MR) is 88.1 cm³/mol. The smallest absolute Gasteiger partial charge is 0.130 e. The summed E-state index contributed by atoms with van der Waals surface area (Å²) < 4.78 is 27.4. The molecule has 0 aliphatic heterocycles. The molecule has 5 heteroatoms. The van der Waals surface area contributed by atoms with Crippen molar-refractivity contribution in [2.24, 2.45) is 5.73 Å². The highest BCUT2D eigenvalue weighted by atomic mass is 35.5. The molecule has 0 heterocycles. The van der Waals surface area contributed by atoms with E-state index < -0.39 is 11.6 Å². The highest BCUT2D eigenvalue weighted by Crippen LogP contribution is 2.15. The number of nitrogens with two attached hydrogens (primary N) is 1. The molecular weight excluding hydrogens is 306 g/mol. The minimum absolute atomic E-state index is 0. The molecule has 2 N–H and O–H groups in total. The van der Waals surface area contributed by atoms with Crippen LogP contribution in [0.15, 0.2) is 48.5 Å². The Morgan fingerprint density at radius 2 is 1.50 bits per heavy atom. The fourth-order valence-corrected chi connectivity index (χ4v) is 2.29. The van der Waals surface area contributed by atoms with Crippen molar-refractivity contribution in [1.29, 1.82) is 0 Å². The highest BCUT2D eigenvalue weighted by molar-refractivity contribution is 5.85. The Kier molecular flexibility index (Phi) is 8.02. The third-order valence-corrected chi connectivity index (χ3v) is 3.45. The minimum Gasteiger partial charge on any atom is -0.329 e. The zero-order valence-corrected chi connectivity index (χ0v) is 13.2. The highest BCUT2D eigenvalue weighted by Gasteiger charge is 2.13. The largest absolute Gasteiger partial charge is 0.329 e. The summed E-state index contributed by atoms with van der Waals surface area (Å²) in [6.07, 6.45) is 0.830. The number of nitrogens with zero attached hydrogens (tertiary/aromatic N) is 1. The molecule has 0 aromatic heterocycles. The molecule has 0 unspecified atom stereocenters. The fourth-order valence-electron chi connectivity index (χ4n) is 2.29. The van der Waals surface area contributed by atoms with Gasteiger partial charge >= 0.3 is 0 Å². The molecule has 22 heavy (non-hydrogen) atoms. The Balaban J connectivity index is 0.00000242. The Morgan fingerprint density at radius 3 is 2.09 bits per heavy atom. The van der Waals surface area contributed by atoms with E-state index in [2.05, 4.69) is 0 Å². The van der Waals surface area contributed by atoms with E-state index in [4.69, 9.17) is 5.73 Å². The SMILES string of the molecule is Cl.NCCN(CCc1ccccc1)Cc1c(F)cccc1F. The van der Waals surface area contributed by atoms with Crippen LogP contribution < -0.4 is 5.73 Å². The lowest BCUT2D eigenvalue weighted by Gasteiger charge is -2.22. The van der Waals surface area contributed by atoms with Crippen molar-refractivity contribution >= 4 is 12.4 Å². The van der Waals surface area contributed by atoms with Crippen molar-refractivity contribution in [3.8, 4) is 0 Å². The molecule has 0 saturated carbocycles. The van der Waals surface area contributed by atoms with Gasteiger partial charge in [0.1, 0.15) is 11.6 Å². The van der Waals surface area contributed by atoms with E-state index in [-0.39, 0.29) is 24.5 Å². The topological polar surface area (TPSA) is 29.3 Å². The molecule has 0 aliphatic carbocycles. The summed E-state index contributed by atoms with van der Waals surface area (Å²) >= 11 is 0. The van der Waals surface area contributed by atoms with Crippen LogP contribution in [0.4, 0.5) is 8.78 Å². The van der Waals surface area contributed by atoms with E-state index in [1.165, 1.54) is 23.8 Å². The van der Waals surface area contributed by atoms with Crippen molar-refractivity contribution in [2.75, 3.05) is 19.6 Å². The monoisotopic (exact) mass is 326 g/mol. The van der Waals surface area contributed by atoms with Gasteiger partial charge in [0.15, 0.2) is 0 Å². The maximum atomic E-state index is 13.7. The summed E-state index contributed by atoms with van der Waals surface area (Å²) in [6.45, 7) is 2.03. The van der Waals surface area contributed by atoms with Crippen LogP contribution in [-0.2, 0) is 13.0 Å². The molecule has 0 saturated heterocycles. The fraction of sp³-hybridized carbons (Fsp3) is 0.294. The van der Waals surface area contributed by atoms with E-state index in [1.807, 2.05) is 35.2 Å². The van der Waals surface area contributed by atoms with Gasteiger partial charge in [-0.3, -0.25) is 4.90 Å². The quantitative estimate of drug-likeness (QED) is 0.845. The van der Waals surface area contributed by atoms with Gasteiger partial charge in [0.2, 0.25) is 0 Å². The van der Waals surface area contributed by atoms with E-state index in [1.54, 1.807) is 0 Å². The zero-order valence-electron chi connectivity index (χ0n) is 12.3. The molecular formula is C17H21ClF2N2. The first-order valence-electron chi connectivity index (χ1n) is 7.10. The Hall–Kier alpha value is -1.49. The van der Waals surface area contributed by atoms with Gasteiger partial charge in [0.25, 0.3) is 0 Å². The van der Waals surface area contributed by atoms with Crippen LogP contribution in [0.1, 0.15) is 11.1 Å². The van der Waals surface area contributed by atoms with Crippen molar-refractivity contribution < 1.29 is 8.78 Å². The van der Waals surface area contributed by atoms with Crippen molar-refractivity contribution in [3.05, 3.63) is 71.3 Å². The Morgan fingerprint density at radius 1 is 0.864 bits per heavy atom. The maximum absolute atomic E-state index is 13.7. The number of hydrogen-bond acceptors (Lipinski definition) is 2. The van der Waals surface area contributed by atoms with Gasteiger partial charge in [-0.2, -0.15) is 0 Å². The molecule has 0 atom stereocenters. The average molecular weight is 327 g/mol. The minimum atomic E-state index is -0.503. The van der Waals surface area contributed by atoms with Gasteiger partial charge in [0.05, 0.1) is 0 Å². The normalized spacial score (nSPS) is 10.5. The van der Waals surface area contributed by atoms with Crippen molar-refractivity contribution in [1.82, 2.24) is 4.90 Å². The first-order chi connectivity index (χ1) is 10.2. The second-order valence-corrected chi connectivity index (χ2v) is 5.00. The molecule has 2 nitrogen and oxygen atoms in total. The van der Waals surface area contributed by atoms with Crippen LogP contribution in [0.25, 0.3) is 0 Å². The van der Waals surface area contributed by atoms with E-state index in [0.29, 0.717) is 13.1 Å². The second-order valence-electron chi connectivity index (χ2n) is 5.00. The Labute approximate surface area is 136 Å². The predicted octanol–water partition coefficient (Wildman–Crippen LogP) is 3.39. The molecule has 2 aromatic rings. The van der Waals surface area contributed by atoms with Gasteiger partial charge < -0.3 is 5.73 Å². The lowest BCUT2D eigenvalue weighted by atomic mass is 10.1. The first-order valence-corrected chi connectivity index (χ1v) is 7.10. The third kappa shape index (κ3) is 5.37. The molecule has 0 spiro atoms. The molecule has 120 valence electrons. The van der Waals surface area contributed by atoms with E-state index >= 15 is 0 Å². The van der Waals surface area contributed by atoms with Gasteiger partial charge in [-0.15, -0.1) is 12.4 Å². The molecule has 0 aliphatic rings. The average Bonchev–Trinajstić information content (AvgIpc) is 2.49. The molecule has 2 rings (SSSR count). The number of halogens is 3. The van der Waals surface area contributed by atoms with Crippen LogP contribution in [-0.4, -0.2) is 24.5 Å². The third-order valence-electron chi connectivity index (χ3n) is 3.45. The zero-order chi connectivity index (χ0) is 15.1. The summed E-state index contributed by atoms with van der Waals surface area (Å²) in [5.74, 6) is -1.01. The van der Waals surface area contributed by atoms with Crippen LogP contribution >= 0.6 is 12.4 Å². The van der Waals surface area contributed by atoms with Crippen LogP contribution in [0.5, 0.6) is 0 Å². The van der Waals surface area contributed by atoms with Gasteiger partial charge in [-0.25, -0.2) is 8.78 Å². The number of hydrogen-bond donors (Lipinski definition) is 1. The summed E-state index contributed by atoms with van der Waals surface area (Å²) in [5.41, 5.74) is 6.91. The summed E-state index contributed by atoms with van der Waals surface area (Å²) in [4.78, 5) is 1.98. The lowest BCUT2D eigenvalue weighted by Crippen LogP contribution is -2.31. The number of rotatable bonds is 7. The van der Waals surface area contributed by atoms with E-state index in [0.717, 1.165) is 13.0 Å². The Bertz CT molecular complexity index is 544. The number of benzene rings is 2. The van der Waals surface area contributed by atoms with E-state index in [9.17, 15) is 8.78 Å². The van der Waals surface area contributed by atoms with Crippen LogP contribution in [0.3, 0.4) is 0 Å². The first kappa shape index (κ1) is 18.6. The lowest BCUT2D eigenvalue weighted by molar-refractivity contribution is 0.268. The summed E-state index contributed by atoms with van der Waals surface area (Å²) in [5, 5.41) is 0. The molecule has 2 aromatic carbocycles. The summed E-state index contributed by atoms with van der Waals surface area (Å²) in [6, 6.07) is 14.0. The molecule has 0 amide bonds. The molecule has 0 radical (unpaired) electrons. The van der Waals surface area contributed by atoms with Gasteiger partial charge in [0, 0.05) is 31.7 Å².